The summed E-state index contributed by atoms with van der Waals surface area (Å²) in [5.74, 6) is 0.871. The number of likely N-dealkylation sites (N-methyl/N-ethyl adjacent to an activating group) is 1. The molecule has 2 rings (SSSR count). The highest BCUT2D eigenvalue weighted by atomic mass is 16.5. The zero-order chi connectivity index (χ0) is 15.9. The number of hydrogen-bond donors (Lipinski definition) is 1. The Morgan fingerprint density at radius 3 is 2.64 bits per heavy atom. The molecule has 0 aliphatic heterocycles. The van der Waals surface area contributed by atoms with E-state index >= 15 is 0 Å². The number of aromatic nitrogens is 1. The highest BCUT2D eigenvalue weighted by Crippen LogP contribution is 2.25. The lowest BCUT2D eigenvalue weighted by molar-refractivity contribution is 0.242. The highest BCUT2D eigenvalue weighted by molar-refractivity contribution is 5.91. The van der Waals surface area contributed by atoms with Gasteiger partial charge in [-0.05, 0) is 45.1 Å². The third kappa shape index (κ3) is 4.34. The summed E-state index contributed by atoms with van der Waals surface area (Å²) >= 11 is 0. The summed E-state index contributed by atoms with van der Waals surface area (Å²) in [6, 6.07) is 8.14. The van der Waals surface area contributed by atoms with Crippen LogP contribution in [0.4, 0.5) is 5.69 Å². The Bertz CT molecular complexity index is 594. The number of ether oxygens (including phenoxy) is 1. The average Bonchev–Trinajstić information content (AvgIpc) is 2.51. The normalized spacial score (nSPS) is 11.4. The summed E-state index contributed by atoms with van der Waals surface area (Å²) in [6.45, 7) is 12.6. The Kier molecular flexibility index (Phi) is 6.01. The molecule has 0 aliphatic carbocycles. The minimum atomic E-state index is 0.174. The summed E-state index contributed by atoms with van der Waals surface area (Å²) < 4.78 is 5.74. The molecule has 4 nitrogen and oxygen atoms in total. The van der Waals surface area contributed by atoms with Crippen molar-refractivity contribution in [2.24, 2.45) is 0 Å². The largest absolute Gasteiger partial charge is 0.491 e. The predicted octanol–water partition coefficient (Wildman–Crippen LogP) is 3.78. The molecule has 22 heavy (non-hydrogen) atoms. The van der Waals surface area contributed by atoms with Gasteiger partial charge in [0.15, 0.2) is 0 Å². The third-order valence-electron chi connectivity index (χ3n) is 3.72. The van der Waals surface area contributed by atoms with Crippen molar-refractivity contribution in [3.63, 3.8) is 0 Å². The Hall–Kier alpha value is -1.81. The molecular weight excluding hydrogens is 274 g/mol. The van der Waals surface area contributed by atoms with Gasteiger partial charge >= 0.3 is 0 Å². The molecule has 0 aliphatic rings. The Balaban J connectivity index is 2.10. The van der Waals surface area contributed by atoms with Gasteiger partial charge in [0, 0.05) is 36.4 Å². The molecule has 0 radical (unpaired) electrons. The second-order valence-electron chi connectivity index (χ2n) is 5.66. The Morgan fingerprint density at radius 2 is 1.95 bits per heavy atom. The molecular formula is C18H27N3O. The molecule has 0 unspecified atom stereocenters. The number of rotatable bonds is 8. The van der Waals surface area contributed by atoms with Crippen LogP contribution >= 0.6 is 0 Å². The first-order valence-electron chi connectivity index (χ1n) is 8.15. The molecule has 0 saturated heterocycles. The smallest absolute Gasteiger partial charge is 0.121 e. The van der Waals surface area contributed by atoms with Crippen LogP contribution in [0.15, 0.2) is 30.5 Å². The van der Waals surface area contributed by atoms with Gasteiger partial charge in [-0.25, -0.2) is 0 Å². The van der Waals surface area contributed by atoms with Crippen molar-refractivity contribution in [1.82, 2.24) is 9.88 Å². The van der Waals surface area contributed by atoms with E-state index in [0.717, 1.165) is 48.5 Å². The standard InChI is InChI=1S/C18H27N3O/c1-5-21(6-2)12-11-20-17-9-10-19-18-13-15(22-14(3)4)7-8-16(17)18/h7-10,13-14H,5-6,11-12H2,1-4H3,(H,19,20). The minimum Gasteiger partial charge on any atom is -0.491 e. The zero-order valence-electron chi connectivity index (χ0n) is 14.1. The van der Waals surface area contributed by atoms with E-state index in [9.17, 15) is 0 Å². The van der Waals surface area contributed by atoms with Gasteiger partial charge < -0.3 is 15.0 Å². The van der Waals surface area contributed by atoms with E-state index in [-0.39, 0.29) is 6.10 Å². The first kappa shape index (κ1) is 16.6. The molecule has 2 aromatic rings. The van der Waals surface area contributed by atoms with Crippen LogP contribution in [0.3, 0.4) is 0 Å². The highest BCUT2D eigenvalue weighted by Gasteiger charge is 2.05. The SMILES string of the molecule is CCN(CC)CCNc1ccnc2cc(OC(C)C)ccc12. The van der Waals surface area contributed by atoms with Gasteiger partial charge in [0.2, 0.25) is 0 Å². The van der Waals surface area contributed by atoms with Gasteiger partial charge in [-0.15, -0.1) is 0 Å². The van der Waals surface area contributed by atoms with Crippen LogP contribution in [0, 0.1) is 0 Å². The van der Waals surface area contributed by atoms with E-state index in [1.54, 1.807) is 0 Å². The number of hydrogen-bond acceptors (Lipinski definition) is 4. The molecule has 1 N–H and O–H groups in total. The number of nitrogens with zero attached hydrogens (tertiary/aromatic N) is 2. The molecule has 1 heterocycles. The van der Waals surface area contributed by atoms with Crippen molar-refractivity contribution in [1.29, 1.82) is 0 Å². The van der Waals surface area contributed by atoms with Crippen LogP contribution in [0.1, 0.15) is 27.7 Å². The maximum atomic E-state index is 5.74. The van der Waals surface area contributed by atoms with Crippen LogP contribution in [0.5, 0.6) is 5.75 Å². The van der Waals surface area contributed by atoms with Crippen molar-refractivity contribution in [2.45, 2.75) is 33.8 Å². The van der Waals surface area contributed by atoms with Crippen LogP contribution in [0.25, 0.3) is 10.9 Å². The minimum absolute atomic E-state index is 0.174. The van der Waals surface area contributed by atoms with E-state index in [2.05, 4.69) is 35.1 Å². The van der Waals surface area contributed by atoms with Crippen molar-refractivity contribution < 1.29 is 4.74 Å². The molecule has 1 aromatic carbocycles. The second-order valence-corrected chi connectivity index (χ2v) is 5.66. The van der Waals surface area contributed by atoms with Crippen LogP contribution in [0.2, 0.25) is 0 Å². The van der Waals surface area contributed by atoms with Gasteiger partial charge in [-0.2, -0.15) is 0 Å². The summed E-state index contributed by atoms with van der Waals surface area (Å²) in [5, 5.41) is 4.66. The summed E-state index contributed by atoms with van der Waals surface area (Å²) in [5.41, 5.74) is 2.10. The zero-order valence-corrected chi connectivity index (χ0v) is 14.1. The maximum Gasteiger partial charge on any atom is 0.121 e. The molecule has 0 spiro atoms. The predicted molar refractivity (Wildman–Crippen MR) is 93.8 cm³/mol. The quantitative estimate of drug-likeness (QED) is 0.805. The van der Waals surface area contributed by atoms with Gasteiger partial charge in [0.05, 0.1) is 11.6 Å². The fourth-order valence-corrected chi connectivity index (χ4v) is 2.52. The van der Waals surface area contributed by atoms with Crippen LogP contribution in [-0.2, 0) is 0 Å². The molecule has 0 amide bonds. The van der Waals surface area contributed by atoms with E-state index in [1.807, 2.05) is 38.2 Å². The average molecular weight is 301 g/mol. The number of pyridine rings is 1. The van der Waals surface area contributed by atoms with Crippen molar-refractivity contribution in [3.05, 3.63) is 30.5 Å². The van der Waals surface area contributed by atoms with E-state index in [4.69, 9.17) is 4.74 Å². The van der Waals surface area contributed by atoms with Gasteiger partial charge in [-0.3, -0.25) is 4.98 Å². The molecule has 0 atom stereocenters. The molecule has 0 fully saturated rings. The van der Waals surface area contributed by atoms with E-state index < -0.39 is 0 Å². The number of fused-ring (bicyclic) bond motifs is 1. The number of benzene rings is 1. The fraction of sp³-hybridized carbons (Fsp3) is 0.500. The lowest BCUT2D eigenvalue weighted by Crippen LogP contribution is -2.28. The first-order valence-corrected chi connectivity index (χ1v) is 8.15. The molecule has 4 heteroatoms. The van der Waals surface area contributed by atoms with Crippen LogP contribution < -0.4 is 10.1 Å². The first-order chi connectivity index (χ1) is 10.6. The summed E-state index contributed by atoms with van der Waals surface area (Å²) in [6.07, 6.45) is 2.02. The number of nitrogens with one attached hydrogen (secondary N) is 1. The van der Waals surface area contributed by atoms with Crippen molar-refractivity contribution in [2.75, 3.05) is 31.5 Å². The van der Waals surface area contributed by atoms with Crippen molar-refractivity contribution >= 4 is 16.6 Å². The maximum absolute atomic E-state index is 5.74. The molecule has 0 saturated carbocycles. The molecule has 120 valence electrons. The number of anilines is 1. The second kappa shape index (κ2) is 7.99. The Labute approximate surface area is 133 Å². The van der Waals surface area contributed by atoms with E-state index in [0.29, 0.717) is 0 Å². The van der Waals surface area contributed by atoms with Gasteiger partial charge in [-0.1, -0.05) is 13.8 Å². The summed E-state index contributed by atoms with van der Waals surface area (Å²) in [7, 11) is 0. The van der Waals surface area contributed by atoms with E-state index in [1.165, 1.54) is 0 Å². The van der Waals surface area contributed by atoms with Crippen LogP contribution in [-0.4, -0.2) is 42.2 Å². The monoisotopic (exact) mass is 301 g/mol. The molecule has 1 aromatic heterocycles. The topological polar surface area (TPSA) is 37.4 Å². The third-order valence-corrected chi connectivity index (χ3v) is 3.72. The lowest BCUT2D eigenvalue weighted by Gasteiger charge is -2.19. The summed E-state index contributed by atoms with van der Waals surface area (Å²) in [4.78, 5) is 6.86. The van der Waals surface area contributed by atoms with Gasteiger partial charge in [0.25, 0.3) is 0 Å². The lowest BCUT2D eigenvalue weighted by atomic mass is 10.1. The Morgan fingerprint density at radius 1 is 1.18 bits per heavy atom. The van der Waals surface area contributed by atoms with Gasteiger partial charge in [0.1, 0.15) is 5.75 Å². The fourth-order valence-electron chi connectivity index (χ4n) is 2.52. The van der Waals surface area contributed by atoms with Crippen molar-refractivity contribution in [3.8, 4) is 5.75 Å². The molecule has 0 bridgehead atoms.